The van der Waals surface area contributed by atoms with E-state index in [0.717, 1.165) is 25.7 Å². The van der Waals surface area contributed by atoms with Crippen molar-refractivity contribution >= 4 is 58.3 Å². The molecule has 0 rings (SSSR count). The Balaban J connectivity index is -0.000000566. The van der Waals surface area contributed by atoms with Crippen LogP contribution in [0.3, 0.4) is 0 Å². The molecule has 0 aliphatic carbocycles. The van der Waals surface area contributed by atoms with Crippen LogP contribution in [0.5, 0.6) is 0 Å². The Hall–Kier alpha value is 0.439. The molecule has 0 aromatic carbocycles. The van der Waals surface area contributed by atoms with Crippen LogP contribution in [0, 0.1) is 0 Å². The number of carbonyl (C=O) groups is 2. The standard InChI is InChI=1S/2C10H20O2S.2C8H17.Sn/c2*1-2-3-4-5-6-7-8-9(13)10(11)12;2*1-3-5-7-8-6-4-2;/h2*9,13H,2-8H2,1H3,(H,11,12);2*1,3-8H2,2H3;/q;;;;+2/p-2. The van der Waals surface area contributed by atoms with Crippen molar-refractivity contribution in [2.75, 3.05) is 0 Å². The van der Waals surface area contributed by atoms with Gasteiger partial charge in [0.05, 0.1) is 11.9 Å². The van der Waals surface area contributed by atoms with E-state index < -0.39 is 22.4 Å². The monoisotopic (exact) mass is 752 g/mol. The first-order valence-electron chi connectivity index (χ1n) is 18.3. The predicted molar refractivity (Wildman–Crippen MR) is 194 cm³/mol. The van der Waals surface area contributed by atoms with Crippen molar-refractivity contribution in [1.82, 2.24) is 0 Å². The number of rotatable bonds is 30. The van der Waals surface area contributed by atoms with Crippen LogP contribution in [0.2, 0.25) is 8.87 Å². The third-order valence-corrected chi connectivity index (χ3v) is 12.6. The van der Waals surface area contributed by atoms with Gasteiger partial charge in [-0.1, -0.05) is 90.9 Å². The van der Waals surface area contributed by atoms with Crippen LogP contribution in [0.15, 0.2) is 0 Å². The van der Waals surface area contributed by atoms with Crippen LogP contribution >= 0.6 is 25.3 Å². The van der Waals surface area contributed by atoms with E-state index in [9.17, 15) is 19.8 Å². The number of hydrogen-bond acceptors (Lipinski definition) is 6. The van der Waals surface area contributed by atoms with E-state index >= 15 is 0 Å². The summed E-state index contributed by atoms with van der Waals surface area (Å²) in [5.74, 6) is -2.09. The number of carboxylic acid groups (broad SMARTS) is 2. The van der Waals surface area contributed by atoms with Gasteiger partial charge in [0.2, 0.25) is 0 Å². The molecule has 2 unspecified atom stereocenters. The molecule has 4 nitrogen and oxygen atoms in total. The van der Waals surface area contributed by atoms with Gasteiger partial charge >= 0.3 is 121 Å². The van der Waals surface area contributed by atoms with Crippen molar-refractivity contribution in [3.8, 4) is 0 Å². The summed E-state index contributed by atoms with van der Waals surface area (Å²) in [6.45, 7) is 8.96. The van der Waals surface area contributed by atoms with E-state index in [1.165, 1.54) is 116 Å². The van der Waals surface area contributed by atoms with Gasteiger partial charge in [0, 0.05) is 10.5 Å². The normalized spacial score (nSPS) is 11.9. The zero-order chi connectivity index (χ0) is 32.8. The number of carbonyl (C=O) groups excluding carboxylic acids is 2. The number of aliphatic carboxylic acids is 2. The van der Waals surface area contributed by atoms with Gasteiger partial charge in [-0.2, -0.15) is 25.3 Å². The number of hydrogen-bond donors (Lipinski definition) is 2. The Bertz CT molecular complexity index is 505. The zero-order valence-corrected chi connectivity index (χ0v) is 33.6. The van der Waals surface area contributed by atoms with Gasteiger partial charge in [0.25, 0.3) is 0 Å². The third-order valence-electron chi connectivity index (χ3n) is 7.62. The molecule has 0 spiro atoms. The van der Waals surface area contributed by atoms with Crippen LogP contribution in [-0.2, 0) is 9.59 Å². The number of carboxylic acids is 2. The summed E-state index contributed by atoms with van der Waals surface area (Å²) in [5, 5.41) is 19.4. The van der Waals surface area contributed by atoms with E-state index in [-0.39, 0.29) is 21.1 Å². The van der Waals surface area contributed by atoms with Crippen molar-refractivity contribution in [2.45, 2.75) is 214 Å². The number of thiol groups is 2. The van der Waals surface area contributed by atoms with Crippen LogP contribution in [-0.4, -0.2) is 43.6 Å². The molecule has 0 N–H and O–H groups in total. The molecule has 0 heterocycles. The molecule has 0 aliphatic heterocycles. The van der Waals surface area contributed by atoms with E-state index in [0.29, 0.717) is 12.8 Å². The fraction of sp³-hybridized carbons (Fsp3) is 0.944. The van der Waals surface area contributed by atoms with Crippen LogP contribution in [0.25, 0.3) is 0 Å². The van der Waals surface area contributed by atoms with Gasteiger partial charge in [-0.15, -0.1) is 0 Å². The quantitative estimate of drug-likeness (QED) is 0.0435. The molecule has 0 bridgehead atoms. The van der Waals surface area contributed by atoms with Crippen molar-refractivity contribution in [3.63, 3.8) is 0 Å². The number of unbranched alkanes of at least 4 members (excludes halogenated alkanes) is 20. The molecule has 43 heavy (non-hydrogen) atoms. The summed E-state index contributed by atoms with van der Waals surface area (Å²) in [5.41, 5.74) is 0. The molecule has 0 saturated heterocycles. The first kappa shape index (κ1) is 47.8. The van der Waals surface area contributed by atoms with E-state index in [1.54, 1.807) is 21.7 Å². The Labute approximate surface area is 290 Å². The summed E-state index contributed by atoms with van der Waals surface area (Å²) < 4.78 is 3.31. The van der Waals surface area contributed by atoms with Crippen molar-refractivity contribution in [1.29, 1.82) is 0 Å². The van der Waals surface area contributed by atoms with Crippen LogP contribution < -0.4 is 10.2 Å². The van der Waals surface area contributed by atoms with E-state index in [4.69, 9.17) is 0 Å². The third kappa shape index (κ3) is 47.0. The fourth-order valence-corrected chi connectivity index (χ4v) is 8.59. The molecule has 0 amide bonds. The van der Waals surface area contributed by atoms with Crippen molar-refractivity contribution in [3.05, 3.63) is 0 Å². The topological polar surface area (TPSA) is 80.3 Å². The van der Waals surface area contributed by atoms with Gasteiger partial charge in [0.1, 0.15) is 0 Å². The van der Waals surface area contributed by atoms with Gasteiger partial charge in [-0.3, -0.25) is 0 Å². The second-order valence-electron chi connectivity index (χ2n) is 12.1. The molecule has 2 atom stereocenters. The van der Waals surface area contributed by atoms with E-state index in [2.05, 4.69) is 53.0 Å². The Morgan fingerprint density at radius 2 is 0.674 bits per heavy atom. The molecule has 0 saturated carbocycles. The van der Waals surface area contributed by atoms with E-state index in [1.807, 2.05) is 0 Å². The van der Waals surface area contributed by atoms with Gasteiger partial charge in [0.15, 0.2) is 0 Å². The molecule has 7 heteroatoms. The Morgan fingerprint density at radius 3 is 0.930 bits per heavy atom. The minimum absolute atomic E-state index is 0.0736. The summed E-state index contributed by atoms with van der Waals surface area (Å²) in [6.07, 6.45) is 33.2. The summed E-state index contributed by atoms with van der Waals surface area (Å²) in [4.78, 5) is 20.6. The van der Waals surface area contributed by atoms with Crippen molar-refractivity contribution < 1.29 is 19.8 Å². The molecule has 0 aromatic heterocycles. The molecular formula is C36H72O4S2Sn. The summed E-state index contributed by atoms with van der Waals surface area (Å²) in [7, 11) is 0. The molecule has 0 aliphatic rings. The molecule has 256 valence electrons. The minimum atomic E-state index is -1.04. The maximum atomic E-state index is 10.3. The molecule has 0 aromatic rings. The SMILES string of the molecule is CCCCCCCCC(S)C(=O)[O-].CCCCCCCCC(S)C(=O)[O-].CCCCCCC[CH2][Sn+2][CH2]CCCCCCC. The van der Waals surface area contributed by atoms with Crippen LogP contribution in [0.4, 0.5) is 0 Å². The Kier molecular flexibility index (Phi) is 47.2. The Morgan fingerprint density at radius 1 is 0.442 bits per heavy atom. The van der Waals surface area contributed by atoms with Gasteiger partial charge in [-0.05, 0) is 12.8 Å². The first-order chi connectivity index (χ1) is 20.8. The second-order valence-corrected chi connectivity index (χ2v) is 17.6. The summed E-state index contributed by atoms with van der Waals surface area (Å²) in [6, 6.07) is 0. The fourth-order valence-electron chi connectivity index (χ4n) is 4.66. The second kappa shape index (κ2) is 42.4. The predicted octanol–water partition coefficient (Wildman–Crippen LogP) is 9.82. The summed E-state index contributed by atoms with van der Waals surface area (Å²) >= 11 is 7.89. The molecule has 0 fully saturated rings. The van der Waals surface area contributed by atoms with Crippen molar-refractivity contribution in [2.24, 2.45) is 0 Å². The average Bonchev–Trinajstić information content (AvgIpc) is 2.99. The average molecular weight is 752 g/mol. The molecule has 0 radical (unpaired) electrons. The maximum absolute atomic E-state index is 10.3. The molecular weight excluding hydrogens is 679 g/mol. The van der Waals surface area contributed by atoms with Gasteiger partial charge < -0.3 is 19.8 Å². The first-order valence-corrected chi connectivity index (χ1v) is 23.3. The zero-order valence-electron chi connectivity index (χ0n) is 29.0. The van der Waals surface area contributed by atoms with Crippen LogP contribution in [0.1, 0.15) is 195 Å². The van der Waals surface area contributed by atoms with Gasteiger partial charge in [-0.25, -0.2) is 0 Å².